The van der Waals surface area contributed by atoms with Gasteiger partial charge in [0.25, 0.3) is 0 Å². The van der Waals surface area contributed by atoms with Gasteiger partial charge in [-0.1, -0.05) is 12.1 Å². The molecule has 2 rings (SSSR count). The van der Waals surface area contributed by atoms with Crippen LogP contribution in [0.5, 0.6) is 0 Å². The molecule has 0 aliphatic carbocycles. The largest absolute Gasteiger partial charge is 1.00 e. The van der Waals surface area contributed by atoms with Gasteiger partial charge in [-0.25, -0.2) is 4.21 Å². The fraction of sp³-hybridized carbons (Fsp3) is 0.167. The van der Waals surface area contributed by atoms with Gasteiger partial charge >= 0.3 is 35.7 Å². The minimum atomic E-state index is -4.36. The van der Waals surface area contributed by atoms with E-state index in [1.807, 2.05) is 0 Å². The van der Waals surface area contributed by atoms with Crippen molar-refractivity contribution in [3.05, 3.63) is 40.8 Å². The Hall–Kier alpha value is -0.180. The van der Waals surface area contributed by atoms with Crippen molar-refractivity contribution in [3.63, 3.8) is 0 Å². The molecule has 1 aromatic heterocycles. The average Bonchev–Trinajstić information content (AvgIpc) is 2.70. The average molecular weight is 330 g/mol. The van der Waals surface area contributed by atoms with Gasteiger partial charge in [0.2, 0.25) is 0 Å². The zero-order valence-corrected chi connectivity index (χ0v) is 14.3. The predicted octanol–water partition coefficient (Wildman–Crippen LogP) is 1.44. The Labute approximate surface area is 144 Å². The van der Waals surface area contributed by atoms with E-state index in [-0.39, 0.29) is 31.0 Å². The topological polar surface area (TPSA) is 37.3 Å². The number of aryl methyl sites for hydroxylation is 1. The van der Waals surface area contributed by atoms with Crippen LogP contribution in [0.2, 0.25) is 0 Å². The second-order valence-electron chi connectivity index (χ2n) is 3.86. The van der Waals surface area contributed by atoms with Crippen LogP contribution in [0, 0.1) is 6.92 Å². The first kappa shape index (κ1) is 17.9. The monoisotopic (exact) mass is 330 g/mol. The molecule has 1 aromatic carbocycles. The molecule has 2 nitrogen and oxygen atoms in total. The zero-order valence-electron chi connectivity index (χ0n) is 11.7. The molecule has 1 N–H and O–H groups in total. The SMILES string of the molecule is Cc1sc(-c2ccc(C(F)(F)F)cc2)cc1S(=O)O.[H-].[Na+]. The maximum atomic E-state index is 12.4. The number of hydrogen-bond acceptors (Lipinski definition) is 2. The van der Waals surface area contributed by atoms with Gasteiger partial charge in [0.15, 0.2) is 11.1 Å². The Morgan fingerprint density at radius 1 is 1.25 bits per heavy atom. The third kappa shape index (κ3) is 3.93. The van der Waals surface area contributed by atoms with Gasteiger partial charge in [-0.3, -0.25) is 0 Å². The smallest absolute Gasteiger partial charge is 1.00 e. The van der Waals surface area contributed by atoms with E-state index in [1.54, 1.807) is 6.92 Å². The van der Waals surface area contributed by atoms with E-state index in [1.165, 1.54) is 29.5 Å². The Morgan fingerprint density at radius 3 is 2.20 bits per heavy atom. The minimum absolute atomic E-state index is 0. The van der Waals surface area contributed by atoms with Gasteiger partial charge in [0.1, 0.15) is 0 Å². The molecule has 104 valence electrons. The summed E-state index contributed by atoms with van der Waals surface area (Å²) in [6.07, 6.45) is -4.36. The molecule has 0 saturated heterocycles. The summed E-state index contributed by atoms with van der Waals surface area (Å²) < 4.78 is 57.3. The number of benzene rings is 1. The fourth-order valence-corrected chi connectivity index (χ4v) is 3.40. The summed E-state index contributed by atoms with van der Waals surface area (Å²) >= 11 is -0.807. The zero-order chi connectivity index (χ0) is 14.2. The molecular weight excluding hydrogens is 320 g/mol. The van der Waals surface area contributed by atoms with Crippen LogP contribution < -0.4 is 29.6 Å². The molecule has 0 bridgehead atoms. The molecule has 1 unspecified atom stereocenters. The molecule has 0 radical (unpaired) electrons. The van der Waals surface area contributed by atoms with Crippen LogP contribution in [-0.2, 0) is 17.3 Å². The normalized spacial score (nSPS) is 12.8. The van der Waals surface area contributed by atoms with Crippen LogP contribution in [0.3, 0.4) is 0 Å². The Kier molecular flexibility index (Phi) is 6.01. The van der Waals surface area contributed by atoms with E-state index in [0.29, 0.717) is 20.2 Å². The van der Waals surface area contributed by atoms with Crippen LogP contribution in [-0.4, -0.2) is 8.76 Å². The number of hydrogen-bond donors (Lipinski definition) is 1. The standard InChI is InChI=1S/C12H9F3O2S2.Na.H/c1-7-11(19(16)17)6-10(18-7)8-2-4-9(5-3-8)12(13,14)15;;/h2-6H,1H3,(H,16,17);;/q;+1;-1. The van der Waals surface area contributed by atoms with Crippen molar-refractivity contribution < 1.29 is 52.9 Å². The molecule has 0 spiro atoms. The predicted molar refractivity (Wildman–Crippen MR) is 69.6 cm³/mol. The molecule has 0 amide bonds. The fourth-order valence-electron chi connectivity index (χ4n) is 1.60. The quantitative estimate of drug-likeness (QED) is 0.668. The van der Waals surface area contributed by atoms with Gasteiger partial charge in [0, 0.05) is 9.75 Å². The second-order valence-corrected chi connectivity index (χ2v) is 6.05. The van der Waals surface area contributed by atoms with Crippen molar-refractivity contribution in [2.75, 3.05) is 0 Å². The first-order valence-electron chi connectivity index (χ1n) is 5.18. The summed E-state index contributed by atoms with van der Waals surface area (Å²) in [5.74, 6) is 0. The number of thiophene rings is 1. The molecule has 2 aromatic rings. The Bertz CT molecular complexity index is 626. The first-order chi connectivity index (χ1) is 8.79. The second kappa shape index (κ2) is 6.72. The van der Waals surface area contributed by atoms with E-state index >= 15 is 0 Å². The van der Waals surface area contributed by atoms with Crippen molar-refractivity contribution in [3.8, 4) is 10.4 Å². The van der Waals surface area contributed by atoms with Crippen LogP contribution in [0.4, 0.5) is 13.2 Å². The van der Waals surface area contributed by atoms with Crippen LogP contribution >= 0.6 is 11.3 Å². The van der Waals surface area contributed by atoms with Gasteiger partial charge in [-0.05, 0) is 30.7 Å². The van der Waals surface area contributed by atoms with E-state index in [4.69, 9.17) is 4.55 Å². The summed E-state index contributed by atoms with van der Waals surface area (Å²) in [6.45, 7) is 1.70. The van der Waals surface area contributed by atoms with Crippen molar-refractivity contribution in [2.45, 2.75) is 18.0 Å². The van der Waals surface area contributed by atoms with E-state index in [0.717, 1.165) is 12.1 Å². The molecular formula is C12H10F3NaO2S2. The molecule has 1 atom stereocenters. The van der Waals surface area contributed by atoms with Crippen molar-refractivity contribution in [1.29, 1.82) is 0 Å². The summed E-state index contributed by atoms with van der Waals surface area (Å²) in [6, 6.07) is 6.25. The first-order valence-corrected chi connectivity index (χ1v) is 7.10. The van der Waals surface area contributed by atoms with Crippen molar-refractivity contribution in [1.82, 2.24) is 0 Å². The maximum absolute atomic E-state index is 12.4. The summed E-state index contributed by atoms with van der Waals surface area (Å²) in [4.78, 5) is 1.64. The van der Waals surface area contributed by atoms with E-state index < -0.39 is 22.8 Å². The van der Waals surface area contributed by atoms with Crippen molar-refractivity contribution in [2.24, 2.45) is 0 Å². The summed E-state index contributed by atoms with van der Waals surface area (Å²) in [7, 11) is 0. The van der Waals surface area contributed by atoms with Crippen LogP contribution in [0.25, 0.3) is 10.4 Å². The van der Waals surface area contributed by atoms with Crippen LogP contribution in [0.1, 0.15) is 11.9 Å². The molecule has 0 fully saturated rings. The Morgan fingerprint density at radius 2 is 1.80 bits per heavy atom. The van der Waals surface area contributed by atoms with Crippen molar-refractivity contribution >= 4 is 22.4 Å². The van der Waals surface area contributed by atoms with Gasteiger partial charge < -0.3 is 5.98 Å². The molecule has 8 heteroatoms. The van der Waals surface area contributed by atoms with Gasteiger partial charge in [0.05, 0.1) is 10.5 Å². The molecule has 20 heavy (non-hydrogen) atoms. The molecule has 0 saturated carbocycles. The molecule has 1 heterocycles. The molecule has 0 aliphatic rings. The van der Waals surface area contributed by atoms with E-state index in [9.17, 15) is 17.4 Å². The summed E-state index contributed by atoms with van der Waals surface area (Å²) in [5, 5.41) is 0. The number of rotatable bonds is 2. The third-order valence-electron chi connectivity index (χ3n) is 2.56. The van der Waals surface area contributed by atoms with Gasteiger partial charge in [-0.15, -0.1) is 11.3 Å². The molecule has 0 aliphatic heterocycles. The third-order valence-corrected chi connectivity index (χ3v) is 4.59. The summed E-state index contributed by atoms with van der Waals surface area (Å²) in [5.41, 5.74) is -0.117. The van der Waals surface area contributed by atoms with E-state index in [2.05, 4.69) is 0 Å². The number of halogens is 3. The van der Waals surface area contributed by atoms with Gasteiger partial charge in [-0.2, -0.15) is 13.2 Å². The maximum Gasteiger partial charge on any atom is 1.00 e. The number of alkyl halides is 3. The Balaban J connectivity index is 0.00000200. The minimum Gasteiger partial charge on any atom is -1.00 e. The van der Waals surface area contributed by atoms with Crippen LogP contribution in [0.15, 0.2) is 35.2 Å².